The third kappa shape index (κ3) is 3.99. The Bertz CT molecular complexity index is 1360. The van der Waals surface area contributed by atoms with Gasteiger partial charge in [-0.3, -0.25) is 9.36 Å². The van der Waals surface area contributed by atoms with E-state index in [9.17, 15) is 9.59 Å². The summed E-state index contributed by atoms with van der Waals surface area (Å²) in [6.07, 6.45) is 1.69. The highest BCUT2D eigenvalue weighted by Gasteiger charge is 2.34. The number of aromatic nitrogens is 1. The number of benzene rings is 1. The van der Waals surface area contributed by atoms with E-state index in [2.05, 4.69) is 27.6 Å². The molecule has 3 heterocycles. The van der Waals surface area contributed by atoms with Gasteiger partial charge in [-0.1, -0.05) is 29.5 Å². The number of nitrogens with zero attached hydrogens (tertiary/aromatic N) is 2. The Hall–Kier alpha value is -2.66. The van der Waals surface area contributed by atoms with Crippen molar-refractivity contribution in [2.45, 2.75) is 19.9 Å². The van der Waals surface area contributed by atoms with E-state index < -0.39 is 12.0 Å². The van der Waals surface area contributed by atoms with Gasteiger partial charge in [-0.05, 0) is 54.6 Å². The largest absolute Gasteiger partial charge is 0.496 e. The van der Waals surface area contributed by atoms with Crippen molar-refractivity contribution < 1.29 is 18.7 Å². The molecule has 0 saturated heterocycles. The average molecular weight is 550 g/mol. The number of hydrogen-bond donors (Lipinski definition) is 0. The van der Waals surface area contributed by atoms with Gasteiger partial charge in [-0.25, -0.2) is 9.79 Å². The van der Waals surface area contributed by atoms with Crippen LogP contribution >= 0.6 is 33.9 Å². The molecule has 0 fully saturated rings. The quantitative estimate of drug-likeness (QED) is 0.361. The maximum absolute atomic E-state index is 13.5. The van der Waals surface area contributed by atoms with Crippen molar-refractivity contribution in [3.63, 3.8) is 0 Å². The third-order valence-corrected chi connectivity index (χ3v) is 6.38. The molecule has 0 bridgehead atoms. The number of allylic oxidation sites excluding steroid dienone is 1. The molecule has 3 aromatic rings. The monoisotopic (exact) mass is 550 g/mol. The molecular formula is C22H19IN2O5S. The minimum atomic E-state index is -0.717. The van der Waals surface area contributed by atoms with Gasteiger partial charge in [0.25, 0.3) is 5.56 Å². The first-order chi connectivity index (χ1) is 14.9. The van der Waals surface area contributed by atoms with Crippen LogP contribution in [0, 0.1) is 3.77 Å². The summed E-state index contributed by atoms with van der Waals surface area (Å²) in [6, 6.07) is 10.2. The molecule has 0 saturated carbocycles. The average Bonchev–Trinajstić information content (AvgIpc) is 3.29. The van der Waals surface area contributed by atoms with E-state index in [-0.39, 0.29) is 12.2 Å². The highest BCUT2D eigenvalue weighted by atomic mass is 127. The van der Waals surface area contributed by atoms with Crippen molar-refractivity contribution in [3.05, 3.63) is 82.4 Å². The number of fused-ring (bicyclic) bond motifs is 1. The van der Waals surface area contributed by atoms with Crippen molar-refractivity contribution in [2.24, 2.45) is 4.99 Å². The van der Waals surface area contributed by atoms with Crippen LogP contribution in [0.5, 0.6) is 5.75 Å². The van der Waals surface area contributed by atoms with Gasteiger partial charge < -0.3 is 13.9 Å². The lowest BCUT2D eigenvalue weighted by molar-refractivity contribution is -0.139. The number of ether oxygens (including phenoxy) is 2. The van der Waals surface area contributed by atoms with Crippen LogP contribution in [-0.4, -0.2) is 24.3 Å². The maximum Gasteiger partial charge on any atom is 0.338 e. The summed E-state index contributed by atoms with van der Waals surface area (Å²) >= 11 is 3.32. The summed E-state index contributed by atoms with van der Waals surface area (Å²) in [7, 11) is 1.56. The van der Waals surface area contributed by atoms with Crippen molar-refractivity contribution in [3.8, 4) is 5.75 Å². The second kappa shape index (κ2) is 8.83. The van der Waals surface area contributed by atoms with E-state index in [0.717, 1.165) is 3.77 Å². The molecular weight excluding hydrogens is 531 g/mol. The third-order valence-electron chi connectivity index (χ3n) is 4.82. The number of thiazole rings is 1. The second-order valence-corrected chi connectivity index (χ2v) is 8.76. The summed E-state index contributed by atoms with van der Waals surface area (Å²) in [5.74, 6) is 0.638. The van der Waals surface area contributed by atoms with Crippen LogP contribution in [-0.2, 0) is 9.53 Å². The fourth-order valence-corrected chi connectivity index (χ4v) is 4.97. The molecule has 1 aromatic carbocycles. The molecule has 0 radical (unpaired) electrons. The molecule has 2 aromatic heterocycles. The fourth-order valence-electron chi connectivity index (χ4n) is 3.51. The van der Waals surface area contributed by atoms with Crippen LogP contribution in [0.25, 0.3) is 6.08 Å². The number of hydrogen-bond acceptors (Lipinski definition) is 7. The number of furan rings is 1. The van der Waals surface area contributed by atoms with Gasteiger partial charge in [0, 0.05) is 11.6 Å². The number of esters is 1. The highest BCUT2D eigenvalue weighted by Crippen LogP contribution is 2.35. The summed E-state index contributed by atoms with van der Waals surface area (Å²) < 4.78 is 19.1. The Labute approximate surface area is 195 Å². The summed E-state index contributed by atoms with van der Waals surface area (Å²) in [5.41, 5.74) is 1.25. The Kier molecular flexibility index (Phi) is 6.15. The molecule has 0 amide bonds. The number of methoxy groups -OCH3 is 1. The number of halogens is 1. The van der Waals surface area contributed by atoms with Gasteiger partial charge in [0.15, 0.2) is 8.57 Å². The molecule has 1 aliphatic heterocycles. The van der Waals surface area contributed by atoms with Crippen LogP contribution in [0.1, 0.15) is 31.2 Å². The minimum absolute atomic E-state index is 0.218. The predicted octanol–water partition coefficient (Wildman–Crippen LogP) is 3.00. The Morgan fingerprint density at radius 1 is 1.32 bits per heavy atom. The zero-order valence-corrected chi connectivity index (χ0v) is 20.0. The Morgan fingerprint density at radius 2 is 2.10 bits per heavy atom. The number of rotatable bonds is 5. The van der Waals surface area contributed by atoms with E-state index in [0.29, 0.717) is 37.7 Å². The van der Waals surface area contributed by atoms with Crippen molar-refractivity contribution in [1.29, 1.82) is 0 Å². The van der Waals surface area contributed by atoms with E-state index in [1.807, 2.05) is 24.3 Å². The van der Waals surface area contributed by atoms with Crippen molar-refractivity contribution >= 4 is 46.0 Å². The lowest BCUT2D eigenvalue weighted by atomic mass is 9.95. The molecule has 7 nitrogen and oxygen atoms in total. The molecule has 0 N–H and O–H groups in total. The maximum atomic E-state index is 13.5. The van der Waals surface area contributed by atoms with Gasteiger partial charge >= 0.3 is 5.97 Å². The van der Waals surface area contributed by atoms with E-state index in [1.165, 1.54) is 15.9 Å². The first-order valence-corrected chi connectivity index (χ1v) is 11.4. The minimum Gasteiger partial charge on any atom is -0.496 e. The Balaban J connectivity index is 2.00. The molecule has 0 unspecified atom stereocenters. The number of carbonyl (C=O) groups is 1. The van der Waals surface area contributed by atoms with Gasteiger partial charge in [-0.15, -0.1) is 0 Å². The molecule has 1 aliphatic rings. The van der Waals surface area contributed by atoms with Crippen LogP contribution < -0.4 is 19.6 Å². The molecule has 31 heavy (non-hydrogen) atoms. The van der Waals surface area contributed by atoms with Crippen LogP contribution in [0.3, 0.4) is 0 Å². The van der Waals surface area contributed by atoms with Gasteiger partial charge in [0.05, 0.1) is 29.5 Å². The van der Waals surface area contributed by atoms with Crippen LogP contribution in [0.2, 0.25) is 0 Å². The smallest absolute Gasteiger partial charge is 0.338 e. The predicted molar refractivity (Wildman–Crippen MR) is 125 cm³/mol. The first kappa shape index (κ1) is 21.6. The molecule has 160 valence electrons. The lowest BCUT2D eigenvalue weighted by Gasteiger charge is -2.25. The van der Waals surface area contributed by atoms with Crippen molar-refractivity contribution in [1.82, 2.24) is 4.57 Å². The first-order valence-electron chi connectivity index (χ1n) is 9.52. The van der Waals surface area contributed by atoms with Gasteiger partial charge in [0.1, 0.15) is 17.6 Å². The lowest BCUT2D eigenvalue weighted by Crippen LogP contribution is -2.40. The van der Waals surface area contributed by atoms with E-state index >= 15 is 0 Å². The summed E-state index contributed by atoms with van der Waals surface area (Å²) in [6.45, 7) is 3.71. The second-order valence-electron chi connectivity index (χ2n) is 6.69. The Morgan fingerprint density at radius 3 is 2.77 bits per heavy atom. The molecule has 0 spiro atoms. The van der Waals surface area contributed by atoms with Crippen LogP contribution in [0.4, 0.5) is 0 Å². The zero-order valence-electron chi connectivity index (χ0n) is 17.0. The number of carbonyl (C=O) groups excluding carboxylic acids is 1. The van der Waals surface area contributed by atoms with Gasteiger partial charge in [-0.2, -0.15) is 0 Å². The fraction of sp³-hybridized carbons (Fsp3) is 0.227. The summed E-state index contributed by atoms with van der Waals surface area (Å²) in [4.78, 5) is 31.4. The van der Waals surface area contributed by atoms with E-state index in [1.54, 1.807) is 39.2 Å². The summed E-state index contributed by atoms with van der Waals surface area (Å²) in [5, 5.41) is 0. The topological polar surface area (TPSA) is 83.0 Å². The molecule has 9 heteroatoms. The standard InChI is InChI=1S/C22H19IN2O5S/c1-4-29-21(27)18-12(2)24-22-25(19(18)14-7-5-6-8-15(14)28-3)20(26)16(31-22)11-13-9-10-17(23)30-13/h5-11,19H,4H2,1-3H3/b16-11+/t19-/m1/s1. The van der Waals surface area contributed by atoms with Gasteiger partial charge in [0.2, 0.25) is 0 Å². The highest BCUT2D eigenvalue weighted by molar-refractivity contribution is 14.1. The molecule has 0 aliphatic carbocycles. The van der Waals surface area contributed by atoms with Crippen LogP contribution in [0.15, 0.2) is 61.9 Å². The zero-order chi connectivity index (χ0) is 22.1. The molecule has 1 atom stereocenters. The van der Waals surface area contributed by atoms with E-state index in [4.69, 9.17) is 13.9 Å². The van der Waals surface area contributed by atoms with Crippen molar-refractivity contribution in [2.75, 3.05) is 13.7 Å². The molecule has 4 rings (SSSR count). The number of para-hydroxylation sites is 1. The normalized spacial score (nSPS) is 16.1. The SMILES string of the molecule is CCOC(=O)C1=C(C)N=c2s/c(=C/c3ccc(I)o3)c(=O)n2[C@@H]1c1ccccc1OC.